The van der Waals surface area contributed by atoms with Crippen molar-refractivity contribution in [3.63, 3.8) is 0 Å². The van der Waals surface area contributed by atoms with Gasteiger partial charge in [-0.2, -0.15) is 0 Å². The Kier molecular flexibility index (Phi) is 8.79. The van der Waals surface area contributed by atoms with Gasteiger partial charge in [-0.05, 0) is 95.1 Å². The van der Waals surface area contributed by atoms with Gasteiger partial charge in [0.15, 0.2) is 0 Å². The van der Waals surface area contributed by atoms with Gasteiger partial charge in [0, 0.05) is 42.8 Å². The van der Waals surface area contributed by atoms with Crippen LogP contribution in [0.4, 0.5) is 4.39 Å². The molecule has 44 heavy (non-hydrogen) atoms. The number of aromatic nitrogens is 2. The van der Waals surface area contributed by atoms with Crippen molar-refractivity contribution in [2.24, 2.45) is 0 Å². The zero-order valence-corrected chi connectivity index (χ0v) is 24.7. The molecular weight excluding hydrogens is 575 g/mol. The van der Waals surface area contributed by atoms with E-state index in [1.165, 1.54) is 17.7 Å². The molecule has 1 aliphatic rings. The molecule has 0 bridgehead atoms. The number of hydrogen-bond acceptors (Lipinski definition) is 5. The van der Waals surface area contributed by atoms with Crippen LogP contribution in [-0.4, -0.2) is 36.4 Å². The number of hydrogen-bond donors (Lipinski definition) is 2. The molecule has 0 saturated carbocycles. The van der Waals surface area contributed by atoms with E-state index < -0.39 is 10.0 Å². The second kappa shape index (κ2) is 13.2. The number of benzene rings is 3. The zero-order valence-electron chi connectivity index (χ0n) is 23.9. The fourth-order valence-electron chi connectivity index (χ4n) is 5.17. The Morgan fingerprint density at radius 2 is 1.68 bits per heavy atom. The average Bonchev–Trinajstić information content (AvgIpc) is 3.51. The molecule has 0 radical (unpaired) electrons. The molecule has 3 aromatic carbocycles. The van der Waals surface area contributed by atoms with Crippen LogP contribution in [0, 0.1) is 5.82 Å². The first-order chi connectivity index (χ1) is 21.5. The summed E-state index contributed by atoms with van der Waals surface area (Å²) < 4.78 is 38.8. The number of nitrogens with one attached hydrogen (secondary N) is 2. The SMILES string of the molecule is O=S(=O)(NOCc1ccccc1)c1ccc(C=CN2CC=C(c3c[nH]c(-c4ccc(F)cc4)c3-c3ccncc3)CC2)cc1. The van der Waals surface area contributed by atoms with Crippen molar-refractivity contribution in [2.75, 3.05) is 13.1 Å². The summed E-state index contributed by atoms with van der Waals surface area (Å²) in [6, 6.07) is 26.5. The second-order valence-electron chi connectivity index (χ2n) is 10.4. The third kappa shape index (κ3) is 6.86. The van der Waals surface area contributed by atoms with E-state index in [-0.39, 0.29) is 17.3 Å². The summed E-state index contributed by atoms with van der Waals surface area (Å²) in [7, 11) is -3.79. The molecule has 0 fully saturated rings. The van der Waals surface area contributed by atoms with Crippen LogP contribution < -0.4 is 4.89 Å². The van der Waals surface area contributed by atoms with Gasteiger partial charge in [0.2, 0.25) is 0 Å². The first-order valence-electron chi connectivity index (χ1n) is 14.2. The standard InChI is InChI=1S/C35H31FN4O3S/c36-31-10-8-30(9-11-31)35-34(29-14-19-37-20-15-29)33(24-38-35)28-17-22-40(23-18-28)21-16-26-6-12-32(13-7-26)44(41,42)39-43-25-27-4-2-1-3-5-27/h1-17,19-21,24,38-39H,18,22-23,25H2. The molecule has 0 atom stereocenters. The van der Waals surface area contributed by atoms with Crippen LogP contribution in [0.25, 0.3) is 34.0 Å². The topological polar surface area (TPSA) is 87.3 Å². The van der Waals surface area contributed by atoms with Crippen molar-refractivity contribution in [1.82, 2.24) is 19.8 Å². The third-order valence-corrected chi connectivity index (χ3v) is 8.72. The number of rotatable bonds is 10. The molecule has 7 nitrogen and oxygen atoms in total. The molecule has 6 rings (SSSR count). The summed E-state index contributed by atoms with van der Waals surface area (Å²) in [5.74, 6) is -0.267. The highest BCUT2D eigenvalue weighted by atomic mass is 32.2. The Balaban J connectivity index is 1.12. The van der Waals surface area contributed by atoms with Crippen molar-refractivity contribution in [1.29, 1.82) is 0 Å². The molecule has 0 unspecified atom stereocenters. The Bertz CT molecular complexity index is 1870. The summed E-state index contributed by atoms with van der Waals surface area (Å²) in [5, 5.41) is 0. The van der Waals surface area contributed by atoms with Gasteiger partial charge < -0.3 is 9.88 Å². The van der Waals surface area contributed by atoms with Gasteiger partial charge in [-0.1, -0.05) is 53.4 Å². The molecule has 0 aliphatic carbocycles. The molecular formula is C35H31FN4O3S. The second-order valence-corrected chi connectivity index (χ2v) is 12.1. The normalized spacial score (nSPS) is 13.8. The van der Waals surface area contributed by atoms with Crippen molar-refractivity contribution in [3.8, 4) is 22.4 Å². The molecule has 5 aromatic rings. The highest BCUT2D eigenvalue weighted by molar-refractivity contribution is 7.89. The van der Waals surface area contributed by atoms with Gasteiger partial charge in [0.1, 0.15) is 5.82 Å². The first kappa shape index (κ1) is 29.3. The van der Waals surface area contributed by atoms with Crippen molar-refractivity contribution >= 4 is 21.7 Å². The van der Waals surface area contributed by atoms with Gasteiger partial charge in [-0.25, -0.2) is 12.8 Å². The number of pyridine rings is 1. The molecule has 0 amide bonds. The van der Waals surface area contributed by atoms with Crippen LogP contribution in [0.15, 0.2) is 127 Å². The van der Waals surface area contributed by atoms with Crippen molar-refractivity contribution in [3.05, 3.63) is 144 Å². The van der Waals surface area contributed by atoms with Gasteiger partial charge in [0.05, 0.1) is 17.2 Å². The van der Waals surface area contributed by atoms with Crippen LogP contribution >= 0.6 is 0 Å². The van der Waals surface area contributed by atoms with E-state index in [2.05, 4.69) is 25.8 Å². The van der Waals surface area contributed by atoms with Crippen LogP contribution in [0.5, 0.6) is 0 Å². The zero-order chi connectivity index (χ0) is 30.4. The average molecular weight is 607 g/mol. The number of aromatic amines is 1. The smallest absolute Gasteiger partial charge is 0.262 e. The lowest BCUT2D eigenvalue weighted by atomic mass is 9.92. The van der Waals surface area contributed by atoms with Gasteiger partial charge in [-0.15, -0.1) is 0 Å². The van der Waals surface area contributed by atoms with Crippen molar-refractivity contribution in [2.45, 2.75) is 17.9 Å². The maximum Gasteiger partial charge on any atom is 0.262 e. The molecule has 3 heterocycles. The molecule has 2 aromatic heterocycles. The van der Waals surface area contributed by atoms with E-state index in [9.17, 15) is 12.8 Å². The minimum atomic E-state index is -3.79. The monoisotopic (exact) mass is 606 g/mol. The maximum absolute atomic E-state index is 13.6. The van der Waals surface area contributed by atoms with E-state index in [0.717, 1.165) is 58.6 Å². The largest absolute Gasteiger partial charge is 0.373 e. The van der Waals surface area contributed by atoms with Gasteiger partial charge >= 0.3 is 0 Å². The number of H-pyrrole nitrogens is 1. The summed E-state index contributed by atoms with van der Waals surface area (Å²) >= 11 is 0. The van der Waals surface area contributed by atoms with Crippen LogP contribution in [0.3, 0.4) is 0 Å². The Labute approximate surface area is 256 Å². The quantitative estimate of drug-likeness (QED) is 0.166. The molecule has 2 N–H and O–H groups in total. The highest BCUT2D eigenvalue weighted by Gasteiger charge is 2.20. The fraction of sp³-hybridized carbons (Fsp3) is 0.114. The number of halogens is 1. The van der Waals surface area contributed by atoms with Crippen LogP contribution in [0.2, 0.25) is 0 Å². The number of sulfonamides is 1. The van der Waals surface area contributed by atoms with Gasteiger partial charge in [-0.3, -0.25) is 9.82 Å². The lowest BCUT2D eigenvalue weighted by Crippen LogP contribution is -2.24. The minimum Gasteiger partial charge on any atom is -0.373 e. The molecule has 1 aliphatic heterocycles. The first-order valence-corrected chi connectivity index (χ1v) is 15.7. The van der Waals surface area contributed by atoms with Gasteiger partial charge in [0.25, 0.3) is 10.0 Å². The number of nitrogens with zero attached hydrogens (tertiary/aromatic N) is 2. The van der Waals surface area contributed by atoms with E-state index in [1.54, 1.807) is 48.8 Å². The maximum atomic E-state index is 13.6. The summed E-state index contributed by atoms with van der Waals surface area (Å²) in [4.78, 5) is 17.4. The molecule has 222 valence electrons. The Morgan fingerprint density at radius 1 is 0.932 bits per heavy atom. The predicted octanol–water partition coefficient (Wildman–Crippen LogP) is 7.05. The highest BCUT2D eigenvalue weighted by Crippen LogP contribution is 2.39. The molecule has 0 saturated heterocycles. The summed E-state index contributed by atoms with van der Waals surface area (Å²) in [6.45, 7) is 1.69. The Hall–Kier alpha value is -4.83. The van der Waals surface area contributed by atoms with E-state index >= 15 is 0 Å². The summed E-state index contributed by atoms with van der Waals surface area (Å²) in [6.07, 6.45) is 12.7. The summed E-state index contributed by atoms with van der Waals surface area (Å²) in [5.41, 5.74) is 8.09. The molecule has 9 heteroatoms. The Morgan fingerprint density at radius 3 is 2.39 bits per heavy atom. The lowest BCUT2D eigenvalue weighted by Gasteiger charge is -2.25. The van der Waals surface area contributed by atoms with Crippen LogP contribution in [-0.2, 0) is 21.5 Å². The van der Waals surface area contributed by atoms with E-state index in [1.807, 2.05) is 60.9 Å². The third-order valence-electron chi connectivity index (χ3n) is 7.49. The van der Waals surface area contributed by atoms with E-state index in [4.69, 9.17) is 4.84 Å². The lowest BCUT2D eigenvalue weighted by molar-refractivity contribution is 0.0795. The minimum absolute atomic E-state index is 0.129. The molecule has 0 spiro atoms. The fourth-order valence-corrected chi connectivity index (χ4v) is 5.97. The van der Waals surface area contributed by atoms with Crippen LogP contribution in [0.1, 0.15) is 23.1 Å². The van der Waals surface area contributed by atoms with Crippen molar-refractivity contribution < 1.29 is 17.6 Å². The van der Waals surface area contributed by atoms with E-state index in [0.29, 0.717) is 0 Å². The predicted molar refractivity (Wildman–Crippen MR) is 171 cm³/mol.